The molecule has 1 aromatic carbocycles. The molecular weight excluding hydrogens is 202 g/mol. The average molecular weight is 217 g/mol. The van der Waals surface area contributed by atoms with Crippen LogP contribution in [0.5, 0.6) is 0 Å². The number of hydrogen-bond acceptors (Lipinski definition) is 3. The van der Waals surface area contributed by atoms with Gasteiger partial charge in [0, 0.05) is 24.3 Å². The van der Waals surface area contributed by atoms with Crippen molar-refractivity contribution in [2.45, 2.75) is 6.54 Å². The summed E-state index contributed by atoms with van der Waals surface area (Å²) >= 11 is 0. The summed E-state index contributed by atoms with van der Waals surface area (Å²) in [7, 11) is 0. The molecule has 1 aromatic heterocycles. The van der Waals surface area contributed by atoms with Crippen LogP contribution in [0.1, 0.15) is 5.69 Å². The first kappa shape index (κ1) is 10.9. The number of nitrogens with one attached hydrogen (secondary N) is 2. The van der Waals surface area contributed by atoms with Gasteiger partial charge in [-0.2, -0.15) is 5.10 Å². The van der Waals surface area contributed by atoms with E-state index in [2.05, 4.69) is 15.5 Å². The molecule has 0 saturated carbocycles. The molecule has 0 bridgehead atoms. The molecule has 0 spiro atoms. The van der Waals surface area contributed by atoms with Crippen LogP contribution in [0, 0.1) is 0 Å². The number of aromatic nitrogens is 2. The fraction of sp³-hybridized carbons (Fsp3) is 0.250. The normalized spacial score (nSPS) is 10.6. The zero-order chi connectivity index (χ0) is 11.2. The highest BCUT2D eigenvalue weighted by molar-refractivity contribution is 5.58. The van der Waals surface area contributed by atoms with Gasteiger partial charge in [-0.1, -0.05) is 30.3 Å². The summed E-state index contributed by atoms with van der Waals surface area (Å²) in [5, 5.41) is 18.9. The Labute approximate surface area is 94.3 Å². The van der Waals surface area contributed by atoms with Crippen LogP contribution in [0.2, 0.25) is 0 Å². The van der Waals surface area contributed by atoms with Crippen LogP contribution < -0.4 is 5.32 Å². The Bertz CT molecular complexity index is 425. The van der Waals surface area contributed by atoms with Gasteiger partial charge in [-0.05, 0) is 6.07 Å². The molecule has 2 aromatic rings. The second-order valence-electron chi connectivity index (χ2n) is 3.54. The van der Waals surface area contributed by atoms with E-state index in [1.165, 1.54) is 0 Å². The van der Waals surface area contributed by atoms with Crippen molar-refractivity contribution < 1.29 is 5.11 Å². The molecule has 1 heterocycles. The molecule has 4 heteroatoms. The maximum atomic E-state index is 8.64. The van der Waals surface area contributed by atoms with Crippen molar-refractivity contribution in [3.05, 3.63) is 42.1 Å². The maximum Gasteiger partial charge on any atom is 0.0924 e. The fourth-order valence-electron chi connectivity index (χ4n) is 1.51. The highest BCUT2D eigenvalue weighted by Crippen LogP contribution is 2.16. The van der Waals surface area contributed by atoms with Gasteiger partial charge in [0.25, 0.3) is 0 Å². The van der Waals surface area contributed by atoms with E-state index in [1.54, 1.807) is 0 Å². The third-order valence-corrected chi connectivity index (χ3v) is 2.30. The van der Waals surface area contributed by atoms with Crippen molar-refractivity contribution in [2.75, 3.05) is 13.2 Å². The zero-order valence-electron chi connectivity index (χ0n) is 8.98. The number of H-pyrrole nitrogens is 1. The van der Waals surface area contributed by atoms with Crippen LogP contribution in [0.25, 0.3) is 11.3 Å². The molecular formula is C12H15N3O. The fourth-order valence-corrected chi connectivity index (χ4v) is 1.51. The number of nitrogens with zero attached hydrogens (tertiary/aromatic N) is 1. The largest absolute Gasteiger partial charge is 0.395 e. The smallest absolute Gasteiger partial charge is 0.0924 e. The Hall–Kier alpha value is -1.65. The first-order valence-electron chi connectivity index (χ1n) is 5.31. The average Bonchev–Trinajstić information content (AvgIpc) is 2.79. The van der Waals surface area contributed by atoms with Gasteiger partial charge in [-0.3, -0.25) is 5.10 Å². The van der Waals surface area contributed by atoms with Crippen LogP contribution in [0.3, 0.4) is 0 Å². The second-order valence-corrected chi connectivity index (χ2v) is 3.54. The Morgan fingerprint density at radius 2 is 2.06 bits per heavy atom. The van der Waals surface area contributed by atoms with Gasteiger partial charge in [-0.25, -0.2) is 0 Å². The number of aromatic amines is 1. The molecule has 0 amide bonds. The summed E-state index contributed by atoms with van der Waals surface area (Å²) in [5.74, 6) is 0. The Morgan fingerprint density at radius 3 is 2.81 bits per heavy atom. The van der Waals surface area contributed by atoms with Crippen LogP contribution in [-0.2, 0) is 6.54 Å². The second kappa shape index (κ2) is 5.44. The van der Waals surface area contributed by atoms with Crippen molar-refractivity contribution in [3.63, 3.8) is 0 Å². The predicted molar refractivity (Wildman–Crippen MR) is 62.8 cm³/mol. The highest BCUT2D eigenvalue weighted by Gasteiger charge is 2.02. The topological polar surface area (TPSA) is 60.9 Å². The Morgan fingerprint density at radius 1 is 1.25 bits per heavy atom. The molecule has 0 aliphatic heterocycles. The number of hydrogen-bond donors (Lipinski definition) is 3. The van der Waals surface area contributed by atoms with E-state index in [9.17, 15) is 0 Å². The Balaban J connectivity index is 2.02. The van der Waals surface area contributed by atoms with Gasteiger partial charge in [0.2, 0.25) is 0 Å². The SMILES string of the molecule is OCCNCc1cc(-c2ccccc2)n[nH]1. The van der Waals surface area contributed by atoms with E-state index in [4.69, 9.17) is 5.11 Å². The molecule has 0 aliphatic rings. The lowest BCUT2D eigenvalue weighted by Crippen LogP contribution is -2.17. The minimum atomic E-state index is 0.152. The highest BCUT2D eigenvalue weighted by atomic mass is 16.3. The lowest BCUT2D eigenvalue weighted by molar-refractivity contribution is 0.291. The van der Waals surface area contributed by atoms with Gasteiger partial charge in [-0.15, -0.1) is 0 Å². The molecule has 0 radical (unpaired) electrons. The molecule has 0 atom stereocenters. The van der Waals surface area contributed by atoms with E-state index in [1.807, 2.05) is 36.4 Å². The molecule has 84 valence electrons. The van der Waals surface area contributed by atoms with Crippen molar-refractivity contribution in [2.24, 2.45) is 0 Å². The van der Waals surface area contributed by atoms with Gasteiger partial charge in [0.15, 0.2) is 0 Å². The molecule has 0 unspecified atom stereocenters. The number of benzene rings is 1. The minimum Gasteiger partial charge on any atom is -0.395 e. The van der Waals surface area contributed by atoms with Crippen molar-refractivity contribution >= 4 is 0 Å². The standard InChI is InChI=1S/C12H15N3O/c16-7-6-13-9-11-8-12(15-14-11)10-4-2-1-3-5-10/h1-5,8,13,16H,6-7,9H2,(H,14,15). The predicted octanol–water partition coefficient (Wildman–Crippen LogP) is 1.16. The summed E-state index contributed by atoms with van der Waals surface area (Å²) < 4.78 is 0. The first-order chi connectivity index (χ1) is 7.90. The van der Waals surface area contributed by atoms with Crippen LogP contribution >= 0.6 is 0 Å². The van der Waals surface area contributed by atoms with E-state index >= 15 is 0 Å². The van der Waals surface area contributed by atoms with Crippen molar-refractivity contribution in [1.82, 2.24) is 15.5 Å². The third kappa shape index (κ3) is 2.68. The number of rotatable bonds is 5. The monoisotopic (exact) mass is 217 g/mol. The summed E-state index contributed by atoms with van der Waals surface area (Å²) in [6, 6.07) is 12.0. The summed E-state index contributed by atoms with van der Waals surface area (Å²) in [4.78, 5) is 0. The van der Waals surface area contributed by atoms with Gasteiger partial charge in [0.1, 0.15) is 0 Å². The first-order valence-corrected chi connectivity index (χ1v) is 5.31. The number of aliphatic hydroxyl groups excluding tert-OH is 1. The van der Waals surface area contributed by atoms with Gasteiger partial charge >= 0.3 is 0 Å². The van der Waals surface area contributed by atoms with E-state index in [-0.39, 0.29) is 6.61 Å². The zero-order valence-corrected chi connectivity index (χ0v) is 8.98. The molecule has 4 nitrogen and oxygen atoms in total. The van der Waals surface area contributed by atoms with Crippen molar-refractivity contribution in [1.29, 1.82) is 0 Å². The third-order valence-electron chi connectivity index (χ3n) is 2.30. The quantitative estimate of drug-likeness (QED) is 0.659. The van der Waals surface area contributed by atoms with E-state index in [0.717, 1.165) is 17.0 Å². The summed E-state index contributed by atoms with van der Waals surface area (Å²) in [6.45, 7) is 1.44. The molecule has 0 aliphatic carbocycles. The van der Waals surface area contributed by atoms with Gasteiger partial charge < -0.3 is 10.4 Å². The molecule has 0 saturated heterocycles. The number of aliphatic hydroxyl groups is 1. The maximum absolute atomic E-state index is 8.64. The lowest BCUT2D eigenvalue weighted by Gasteiger charge is -1.97. The van der Waals surface area contributed by atoms with Crippen LogP contribution in [0.4, 0.5) is 0 Å². The summed E-state index contributed by atoms with van der Waals surface area (Å²) in [6.07, 6.45) is 0. The molecule has 0 fully saturated rings. The summed E-state index contributed by atoms with van der Waals surface area (Å²) in [5.41, 5.74) is 3.07. The Kier molecular flexibility index (Phi) is 3.69. The van der Waals surface area contributed by atoms with E-state index < -0.39 is 0 Å². The minimum absolute atomic E-state index is 0.152. The van der Waals surface area contributed by atoms with Crippen molar-refractivity contribution in [3.8, 4) is 11.3 Å². The van der Waals surface area contributed by atoms with Crippen LogP contribution in [0.15, 0.2) is 36.4 Å². The lowest BCUT2D eigenvalue weighted by atomic mass is 10.1. The van der Waals surface area contributed by atoms with E-state index in [0.29, 0.717) is 13.1 Å². The molecule has 16 heavy (non-hydrogen) atoms. The molecule has 3 N–H and O–H groups in total. The van der Waals surface area contributed by atoms with Gasteiger partial charge in [0.05, 0.1) is 12.3 Å². The molecule has 2 rings (SSSR count). The van der Waals surface area contributed by atoms with Crippen LogP contribution in [-0.4, -0.2) is 28.5 Å².